The van der Waals surface area contributed by atoms with Gasteiger partial charge in [-0.05, 0) is 37.5 Å². The van der Waals surface area contributed by atoms with Crippen LogP contribution in [0.15, 0.2) is 18.2 Å². The Labute approximate surface area is 104 Å². The molecule has 0 atom stereocenters. The second-order valence-corrected chi connectivity index (χ2v) is 4.72. The average Bonchev–Trinajstić information content (AvgIpc) is 2.68. The predicted octanol–water partition coefficient (Wildman–Crippen LogP) is 2.05. The van der Waals surface area contributed by atoms with Gasteiger partial charge < -0.3 is 15.0 Å². The van der Waals surface area contributed by atoms with E-state index < -0.39 is 0 Å². The molecule has 96 valence electrons. The quantitative estimate of drug-likeness (QED) is 0.872. The predicted molar refractivity (Wildman–Crippen MR) is 68.1 cm³/mol. The second-order valence-electron chi connectivity index (χ2n) is 4.72. The SMILES string of the molecule is OCCN(c1nc2ccc(F)cc2[nH]1)C1CCC1. The van der Waals surface area contributed by atoms with Crippen LogP contribution >= 0.6 is 0 Å². The van der Waals surface area contributed by atoms with Crippen molar-refractivity contribution in [1.82, 2.24) is 9.97 Å². The summed E-state index contributed by atoms with van der Waals surface area (Å²) in [6, 6.07) is 4.97. The number of aliphatic hydroxyl groups is 1. The molecular weight excluding hydrogens is 233 g/mol. The molecule has 1 aliphatic carbocycles. The van der Waals surface area contributed by atoms with Crippen molar-refractivity contribution in [3.05, 3.63) is 24.0 Å². The fraction of sp³-hybridized carbons (Fsp3) is 0.462. The molecule has 0 bridgehead atoms. The Morgan fingerprint density at radius 3 is 2.94 bits per heavy atom. The second kappa shape index (κ2) is 4.57. The number of anilines is 1. The first-order valence-corrected chi connectivity index (χ1v) is 6.30. The topological polar surface area (TPSA) is 52.1 Å². The summed E-state index contributed by atoms with van der Waals surface area (Å²) in [4.78, 5) is 9.69. The van der Waals surface area contributed by atoms with E-state index in [9.17, 15) is 4.39 Å². The Bertz CT molecular complexity index is 550. The molecule has 18 heavy (non-hydrogen) atoms. The molecule has 1 aromatic carbocycles. The molecule has 4 nitrogen and oxygen atoms in total. The lowest BCUT2D eigenvalue weighted by Gasteiger charge is -2.37. The first-order chi connectivity index (χ1) is 8.78. The number of nitrogens with one attached hydrogen (secondary N) is 1. The fourth-order valence-electron chi connectivity index (χ4n) is 2.37. The molecule has 2 N–H and O–H groups in total. The van der Waals surface area contributed by atoms with Gasteiger partial charge in [0.25, 0.3) is 0 Å². The Morgan fingerprint density at radius 1 is 1.44 bits per heavy atom. The normalized spacial score (nSPS) is 15.9. The average molecular weight is 249 g/mol. The Hall–Kier alpha value is -1.62. The molecule has 0 aliphatic heterocycles. The van der Waals surface area contributed by atoms with E-state index in [1.54, 1.807) is 6.07 Å². The molecule has 0 unspecified atom stereocenters. The molecule has 3 rings (SSSR count). The summed E-state index contributed by atoms with van der Waals surface area (Å²) in [5, 5.41) is 9.14. The van der Waals surface area contributed by atoms with Gasteiger partial charge in [-0.25, -0.2) is 9.37 Å². The van der Waals surface area contributed by atoms with Crippen molar-refractivity contribution in [1.29, 1.82) is 0 Å². The van der Waals surface area contributed by atoms with Crippen LogP contribution < -0.4 is 4.90 Å². The number of fused-ring (bicyclic) bond motifs is 1. The molecule has 1 aliphatic rings. The summed E-state index contributed by atoms with van der Waals surface area (Å²) in [6.07, 6.45) is 3.48. The van der Waals surface area contributed by atoms with E-state index in [0.29, 0.717) is 18.1 Å². The molecule has 0 spiro atoms. The molecular formula is C13H16FN3O. The smallest absolute Gasteiger partial charge is 0.204 e. The number of rotatable bonds is 4. The van der Waals surface area contributed by atoms with Crippen LogP contribution in [0.3, 0.4) is 0 Å². The zero-order valence-electron chi connectivity index (χ0n) is 10.1. The molecule has 5 heteroatoms. The summed E-state index contributed by atoms with van der Waals surface area (Å²) in [7, 11) is 0. The van der Waals surface area contributed by atoms with Crippen molar-refractivity contribution < 1.29 is 9.50 Å². The number of hydrogen-bond donors (Lipinski definition) is 2. The van der Waals surface area contributed by atoms with Gasteiger partial charge in [0.2, 0.25) is 5.95 Å². The van der Waals surface area contributed by atoms with Crippen LogP contribution in [-0.4, -0.2) is 34.3 Å². The summed E-state index contributed by atoms with van der Waals surface area (Å²) < 4.78 is 13.1. The Kier molecular flexibility index (Phi) is 2.91. The van der Waals surface area contributed by atoms with Crippen molar-refractivity contribution in [2.24, 2.45) is 0 Å². The minimum Gasteiger partial charge on any atom is -0.395 e. The number of hydrogen-bond acceptors (Lipinski definition) is 3. The van der Waals surface area contributed by atoms with E-state index in [4.69, 9.17) is 5.11 Å². The molecule has 0 saturated heterocycles. The summed E-state index contributed by atoms with van der Waals surface area (Å²) in [5.74, 6) is 0.462. The van der Waals surface area contributed by atoms with Gasteiger partial charge in [0, 0.05) is 12.6 Å². The Morgan fingerprint density at radius 2 is 2.28 bits per heavy atom. The number of nitrogens with zero attached hydrogens (tertiary/aromatic N) is 2. The highest BCUT2D eigenvalue weighted by Gasteiger charge is 2.26. The lowest BCUT2D eigenvalue weighted by molar-refractivity contribution is 0.282. The van der Waals surface area contributed by atoms with Gasteiger partial charge >= 0.3 is 0 Å². The maximum absolute atomic E-state index is 13.1. The van der Waals surface area contributed by atoms with Gasteiger partial charge in [-0.15, -0.1) is 0 Å². The van der Waals surface area contributed by atoms with E-state index in [-0.39, 0.29) is 12.4 Å². The number of aliphatic hydroxyl groups excluding tert-OH is 1. The number of benzene rings is 1. The van der Waals surface area contributed by atoms with Crippen LogP contribution in [0.4, 0.5) is 10.3 Å². The van der Waals surface area contributed by atoms with E-state index in [0.717, 1.165) is 24.3 Å². The number of H-pyrrole nitrogens is 1. The van der Waals surface area contributed by atoms with Gasteiger partial charge in [-0.1, -0.05) is 0 Å². The lowest BCUT2D eigenvalue weighted by atomic mass is 9.92. The minimum absolute atomic E-state index is 0.0991. The zero-order valence-corrected chi connectivity index (χ0v) is 10.1. The van der Waals surface area contributed by atoms with E-state index >= 15 is 0 Å². The van der Waals surface area contributed by atoms with Crippen LogP contribution in [-0.2, 0) is 0 Å². The van der Waals surface area contributed by atoms with E-state index in [1.807, 2.05) is 0 Å². The van der Waals surface area contributed by atoms with Crippen molar-refractivity contribution >= 4 is 17.0 Å². The first-order valence-electron chi connectivity index (χ1n) is 6.30. The molecule has 1 heterocycles. The number of halogens is 1. The van der Waals surface area contributed by atoms with Crippen LogP contribution in [0.5, 0.6) is 0 Å². The fourth-order valence-corrected chi connectivity index (χ4v) is 2.37. The molecule has 1 aromatic heterocycles. The van der Waals surface area contributed by atoms with Crippen LogP contribution in [0.1, 0.15) is 19.3 Å². The third-order valence-electron chi connectivity index (χ3n) is 3.56. The Balaban J connectivity index is 1.95. The van der Waals surface area contributed by atoms with Crippen molar-refractivity contribution in [2.45, 2.75) is 25.3 Å². The summed E-state index contributed by atoms with van der Waals surface area (Å²) in [6.45, 7) is 0.662. The molecule has 1 fully saturated rings. The summed E-state index contributed by atoms with van der Waals surface area (Å²) >= 11 is 0. The molecule has 0 amide bonds. The first kappa shape index (κ1) is 11.5. The third-order valence-corrected chi connectivity index (χ3v) is 3.56. The zero-order chi connectivity index (χ0) is 12.5. The number of aromatic nitrogens is 2. The minimum atomic E-state index is -0.268. The lowest BCUT2D eigenvalue weighted by Crippen LogP contribution is -2.42. The van der Waals surface area contributed by atoms with Gasteiger partial charge in [0.05, 0.1) is 17.6 Å². The van der Waals surface area contributed by atoms with E-state index in [2.05, 4.69) is 14.9 Å². The molecule has 2 aromatic rings. The van der Waals surface area contributed by atoms with Crippen LogP contribution in [0.2, 0.25) is 0 Å². The van der Waals surface area contributed by atoms with Gasteiger partial charge in [0.1, 0.15) is 5.82 Å². The number of aromatic amines is 1. The van der Waals surface area contributed by atoms with Crippen LogP contribution in [0.25, 0.3) is 11.0 Å². The van der Waals surface area contributed by atoms with Crippen molar-refractivity contribution in [2.75, 3.05) is 18.1 Å². The monoisotopic (exact) mass is 249 g/mol. The highest BCUT2D eigenvalue weighted by atomic mass is 19.1. The largest absolute Gasteiger partial charge is 0.395 e. The third kappa shape index (κ3) is 1.95. The maximum Gasteiger partial charge on any atom is 0.204 e. The molecule has 0 radical (unpaired) electrons. The number of imidazole rings is 1. The van der Waals surface area contributed by atoms with Crippen LogP contribution in [0, 0.1) is 5.82 Å². The summed E-state index contributed by atoms with van der Waals surface area (Å²) in [5.41, 5.74) is 1.46. The standard InChI is InChI=1S/C13H16FN3O/c14-9-4-5-11-12(8-9)16-13(15-11)17(6-7-18)10-2-1-3-10/h4-5,8,10,18H,1-3,6-7H2,(H,15,16). The highest BCUT2D eigenvalue weighted by molar-refractivity contribution is 5.77. The molecule has 1 saturated carbocycles. The van der Waals surface area contributed by atoms with Gasteiger partial charge in [0.15, 0.2) is 0 Å². The van der Waals surface area contributed by atoms with Gasteiger partial charge in [-0.2, -0.15) is 0 Å². The van der Waals surface area contributed by atoms with E-state index in [1.165, 1.54) is 18.6 Å². The van der Waals surface area contributed by atoms with Crippen molar-refractivity contribution in [3.8, 4) is 0 Å². The van der Waals surface area contributed by atoms with Crippen molar-refractivity contribution in [3.63, 3.8) is 0 Å². The highest BCUT2D eigenvalue weighted by Crippen LogP contribution is 2.29. The van der Waals surface area contributed by atoms with Gasteiger partial charge in [-0.3, -0.25) is 0 Å². The maximum atomic E-state index is 13.1.